The molecule has 0 amide bonds. The van der Waals surface area contributed by atoms with Crippen LogP contribution in [0.2, 0.25) is 0 Å². The molecule has 3 nitrogen and oxygen atoms in total. The van der Waals surface area contributed by atoms with Gasteiger partial charge in [-0.1, -0.05) is 38.5 Å². The maximum absolute atomic E-state index is 11.3. The van der Waals surface area contributed by atoms with E-state index in [1.165, 1.54) is 25.7 Å². The Hall–Kier alpha value is -0.120. The summed E-state index contributed by atoms with van der Waals surface area (Å²) >= 11 is 0. The van der Waals surface area contributed by atoms with E-state index < -0.39 is 5.66 Å². The molecule has 78 valence electrons. The summed E-state index contributed by atoms with van der Waals surface area (Å²) in [6.45, 7) is 0. The summed E-state index contributed by atoms with van der Waals surface area (Å²) in [4.78, 5) is 0. The van der Waals surface area contributed by atoms with Crippen molar-refractivity contribution in [3.05, 3.63) is 5.21 Å². The molecular weight excluding hydrogens is 164 g/mol. The number of nitrogens with zero attached hydrogens (tertiary/aromatic N) is 1. The first-order valence-electron chi connectivity index (χ1n) is 5.35. The molecule has 0 aliphatic heterocycles. The zero-order valence-electron chi connectivity index (χ0n) is 8.59. The largest absolute Gasteiger partial charge is 0.784 e. The van der Waals surface area contributed by atoms with Crippen LogP contribution in [0.15, 0.2) is 0 Å². The number of hydroxylamine groups is 2. The predicted molar refractivity (Wildman–Crippen MR) is 55.0 cm³/mol. The Bertz CT molecular complexity index is 138. The maximum atomic E-state index is 11.3. The summed E-state index contributed by atoms with van der Waals surface area (Å²) in [6, 6.07) is 0. The van der Waals surface area contributed by atoms with Crippen molar-refractivity contribution in [3.63, 3.8) is 0 Å². The average Bonchev–Trinajstić information content (AvgIpc) is 2.18. The van der Waals surface area contributed by atoms with E-state index in [9.17, 15) is 5.21 Å². The van der Waals surface area contributed by atoms with Crippen molar-refractivity contribution in [1.29, 1.82) is 0 Å². The van der Waals surface area contributed by atoms with Crippen molar-refractivity contribution in [1.82, 2.24) is 5.06 Å². The van der Waals surface area contributed by atoms with Crippen LogP contribution in [0.5, 0.6) is 0 Å². The molecule has 1 saturated carbocycles. The molecule has 1 fully saturated rings. The van der Waals surface area contributed by atoms with Crippen molar-refractivity contribution in [2.75, 3.05) is 7.05 Å². The van der Waals surface area contributed by atoms with Crippen LogP contribution in [0.3, 0.4) is 0 Å². The van der Waals surface area contributed by atoms with Crippen LogP contribution in [0.4, 0.5) is 0 Å². The molecule has 0 spiro atoms. The standard InChI is InChI=1S/C10H21N2O/c1-12(13)10(11)8-6-4-2-3-5-7-9-10/h2-9,11H2,1H3/q-1. The lowest BCUT2D eigenvalue weighted by Gasteiger charge is -2.43. The van der Waals surface area contributed by atoms with E-state index in [1.54, 1.807) is 7.05 Å². The number of hydrogen-bond donors (Lipinski definition) is 1. The van der Waals surface area contributed by atoms with E-state index in [-0.39, 0.29) is 0 Å². The Morgan fingerprint density at radius 1 is 1.00 bits per heavy atom. The van der Waals surface area contributed by atoms with Crippen molar-refractivity contribution >= 4 is 0 Å². The van der Waals surface area contributed by atoms with Gasteiger partial charge in [-0.25, -0.2) is 0 Å². The van der Waals surface area contributed by atoms with Gasteiger partial charge in [-0.2, -0.15) is 0 Å². The highest BCUT2D eigenvalue weighted by Gasteiger charge is 2.23. The molecule has 1 aliphatic carbocycles. The third-order valence-corrected chi connectivity index (χ3v) is 3.10. The monoisotopic (exact) mass is 185 g/mol. The van der Waals surface area contributed by atoms with Crippen molar-refractivity contribution < 1.29 is 0 Å². The molecule has 0 atom stereocenters. The lowest BCUT2D eigenvalue weighted by atomic mass is 9.98. The van der Waals surface area contributed by atoms with Crippen LogP contribution < -0.4 is 5.73 Å². The normalized spacial score (nSPS) is 24.9. The van der Waals surface area contributed by atoms with Gasteiger partial charge in [0.2, 0.25) is 0 Å². The van der Waals surface area contributed by atoms with Crippen LogP contribution >= 0.6 is 0 Å². The lowest BCUT2D eigenvalue weighted by Crippen LogP contribution is -2.51. The fourth-order valence-electron chi connectivity index (χ4n) is 2.01. The second-order valence-corrected chi connectivity index (χ2v) is 4.22. The number of hydrogen-bond acceptors (Lipinski definition) is 3. The van der Waals surface area contributed by atoms with Crippen LogP contribution in [0.1, 0.15) is 51.4 Å². The summed E-state index contributed by atoms with van der Waals surface area (Å²) in [5.74, 6) is 0. The number of nitrogens with two attached hydrogens (primary N) is 1. The fourth-order valence-corrected chi connectivity index (χ4v) is 2.01. The molecule has 0 heterocycles. The Labute approximate surface area is 80.9 Å². The maximum Gasteiger partial charge on any atom is 0.0570 e. The van der Waals surface area contributed by atoms with Gasteiger partial charge in [0.1, 0.15) is 0 Å². The van der Waals surface area contributed by atoms with Crippen molar-refractivity contribution in [2.45, 2.75) is 57.0 Å². The second-order valence-electron chi connectivity index (χ2n) is 4.22. The summed E-state index contributed by atoms with van der Waals surface area (Å²) < 4.78 is 0. The fraction of sp³-hybridized carbons (Fsp3) is 1.00. The molecule has 0 bridgehead atoms. The second kappa shape index (κ2) is 4.94. The lowest BCUT2D eigenvalue weighted by molar-refractivity contribution is 0.152. The molecule has 0 aromatic carbocycles. The third kappa shape index (κ3) is 3.25. The highest BCUT2D eigenvalue weighted by Crippen LogP contribution is 2.25. The summed E-state index contributed by atoms with van der Waals surface area (Å²) in [5, 5.41) is 12.2. The highest BCUT2D eigenvalue weighted by atomic mass is 16.5. The molecule has 0 radical (unpaired) electrons. The number of rotatable bonds is 1. The smallest absolute Gasteiger partial charge is 0.0570 e. The van der Waals surface area contributed by atoms with Crippen LogP contribution in [0, 0.1) is 5.21 Å². The van der Waals surface area contributed by atoms with Crippen LogP contribution in [-0.2, 0) is 0 Å². The minimum absolute atomic E-state index is 0.579. The van der Waals surface area contributed by atoms with E-state index in [0.29, 0.717) is 0 Å². The molecule has 0 aromatic heterocycles. The molecule has 2 N–H and O–H groups in total. The quantitative estimate of drug-likeness (QED) is 0.503. The van der Waals surface area contributed by atoms with Gasteiger partial charge < -0.3 is 16.0 Å². The van der Waals surface area contributed by atoms with Crippen molar-refractivity contribution in [3.8, 4) is 0 Å². The first-order valence-corrected chi connectivity index (χ1v) is 5.35. The Kier molecular flexibility index (Phi) is 4.16. The SMILES string of the molecule is CN([O-])C1(N)CCCCCCCC1. The first-order chi connectivity index (χ1) is 6.15. The van der Waals surface area contributed by atoms with Gasteiger partial charge in [0.25, 0.3) is 0 Å². The van der Waals surface area contributed by atoms with E-state index in [2.05, 4.69) is 0 Å². The molecule has 0 unspecified atom stereocenters. The van der Waals surface area contributed by atoms with Gasteiger partial charge in [0, 0.05) is 0 Å². The van der Waals surface area contributed by atoms with Gasteiger partial charge >= 0.3 is 0 Å². The van der Waals surface area contributed by atoms with Crippen molar-refractivity contribution in [2.24, 2.45) is 5.73 Å². The predicted octanol–water partition coefficient (Wildman–Crippen LogP) is 2.21. The molecule has 3 heteroatoms. The van der Waals surface area contributed by atoms with E-state index in [1.807, 2.05) is 0 Å². The van der Waals surface area contributed by atoms with E-state index >= 15 is 0 Å². The zero-order valence-corrected chi connectivity index (χ0v) is 8.59. The third-order valence-electron chi connectivity index (χ3n) is 3.10. The molecular formula is C10H21N2O-. The van der Waals surface area contributed by atoms with Gasteiger partial charge in [-0.3, -0.25) is 0 Å². The van der Waals surface area contributed by atoms with Gasteiger partial charge in [0.05, 0.1) is 5.66 Å². The summed E-state index contributed by atoms with van der Waals surface area (Å²) in [6.07, 6.45) is 8.98. The Morgan fingerprint density at radius 3 is 1.77 bits per heavy atom. The minimum Gasteiger partial charge on any atom is -0.784 e. The van der Waals surface area contributed by atoms with Gasteiger partial charge in [0.15, 0.2) is 0 Å². The zero-order chi connectivity index (χ0) is 9.73. The van der Waals surface area contributed by atoms with Gasteiger partial charge in [-0.05, 0) is 19.9 Å². The average molecular weight is 185 g/mol. The van der Waals surface area contributed by atoms with Crippen LogP contribution in [0.25, 0.3) is 0 Å². The van der Waals surface area contributed by atoms with Crippen LogP contribution in [-0.4, -0.2) is 17.8 Å². The van der Waals surface area contributed by atoms with Gasteiger partial charge in [-0.15, -0.1) is 0 Å². The Balaban J connectivity index is 2.49. The minimum atomic E-state index is -0.579. The topological polar surface area (TPSA) is 52.3 Å². The highest BCUT2D eigenvalue weighted by molar-refractivity contribution is 4.83. The molecule has 0 saturated heterocycles. The molecule has 0 aromatic rings. The molecule has 13 heavy (non-hydrogen) atoms. The van der Waals surface area contributed by atoms with E-state index in [0.717, 1.165) is 30.7 Å². The first kappa shape index (κ1) is 11.0. The molecule has 1 rings (SSSR count). The summed E-state index contributed by atoms with van der Waals surface area (Å²) in [5.41, 5.74) is 5.48. The Morgan fingerprint density at radius 2 is 1.38 bits per heavy atom. The summed E-state index contributed by atoms with van der Waals surface area (Å²) in [7, 11) is 1.55. The molecule has 1 aliphatic rings. The van der Waals surface area contributed by atoms with E-state index in [4.69, 9.17) is 5.73 Å².